The van der Waals surface area contributed by atoms with E-state index in [1.807, 2.05) is 0 Å². The number of rotatable bonds is 3. The second-order valence-corrected chi connectivity index (χ2v) is 5.51. The van der Waals surface area contributed by atoms with Crippen molar-refractivity contribution in [3.05, 3.63) is 18.0 Å². The van der Waals surface area contributed by atoms with E-state index in [9.17, 15) is 0 Å². The minimum absolute atomic E-state index is 0.375. The van der Waals surface area contributed by atoms with Crippen molar-refractivity contribution in [2.24, 2.45) is 0 Å². The van der Waals surface area contributed by atoms with Gasteiger partial charge in [-0.3, -0.25) is 4.68 Å². The molecule has 4 heteroatoms. The maximum Gasteiger partial charge on any atom is 0.0770 e. The summed E-state index contributed by atoms with van der Waals surface area (Å²) in [6, 6.07) is 0. The van der Waals surface area contributed by atoms with E-state index in [-0.39, 0.29) is 0 Å². The lowest BCUT2D eigenvalue weighted by Gasteiger charge is -2.22. The van der Waals surface area contributed by atoms with Crippen LogP contribution in [0.4, 0.5) is 0 Å². The van der Waals surface area contributed by atoms with Crippen LogP contribution in [0.1, 0.15) is 43.6 Å². The minimum atomic E-state index is 0.375. The largest absolute Gasteiger partial charge is 0.376 e. The molecule has 100 valence electrons. The van der Waals surface area contributed by atoms with Crippen molar-refractivity contribution in [3.8, 4) is 0 Å². The zero-order valence-electron chi connectivity index (χ0n) is 11.0. The maximum absolute atomic E-state index is 5.77. The molecule has 0 aliphatic carbocycles. The molecule has 0 saturated carbocycles. The summed E-state index contributed by atoms with van der Waals surface area (Å²) in [6.07, 6.45) is 10.8. The lowest BCUT2D eigenvalue weighted by atomic mass is 9.93. The van der Waals surface area contributed by atoms with Gasteiger partial charge in [-0.15, -0.1) is 0 Å². The van der Waals surface area contributed by atoms with Gasteiger partial charge in [0.2, 0.25) is 0 Å². The van der Waals surface area contributed by atoms with E-state index in [0.717, 1.165) is 26.2 Å². The van der Waals surface area contributed by atoms with Crippen molar-refractivity contribution < 1.29 is 4.74 Å². The maximum atomic E-state index is 5.77. The molecular weight excluding hydrogens is 226 g/mol. The van der Waals surface area contributed by atoms with Crippen molar-refractivity contribution in [2.75, 3.05) is 19.7 Å². The van der Waals surface area contributed by atoms with Crippen LogP contribution >= 0.6 is 0 Å². The number of hydrogen-bond donors (Lipinski definition) is 1. The molecule has 0 radical (unpaired) electrons. The van der Waals surface area contributed by atoms with Gasteiger partial charge < -0.3 is 10.1 Å². The fraction of sp³-hybridized carbons (Fsp3) is 0.786. The minimum Gasteiger partial charge on any atom is -0.376 e. The summed E-state index contributed by atoms with van der Waals surface area (Å²) in [5.74, 6) is 0.701. The van der Waals surface area contributed by atoms with Gasteiger partial charge in [0, 0.05) is 12.8 Å². The molecule has 2 aliphatic heterocycles. The van der Waals surface area contributed by atoms with Gasteiger partial charge in [0.05, 0.1) is 18.8 Å². The van der Waals surface area contributed by atoms with E-state index in [0.29, 0.717) is 12.0 Å². The molecule has 3 heterocycles. The molecule has 1 N–H and O–H groups in total. The topological polar surface area (TPSA) is 39.1 Å². The van der Waals surface area contributed by atoms with Gasteiger partial charge in [-0.2, -0.15) is 5.10 Å². The molecule has 2 aliphatic rings. The molecule has 1 aromatic rings. The second kappa shape index (κ2) is 5.85. The standard InChI is InChI=1S/C14H23N3O/c1-2-8-18-14(3-1)11-17-10-13(9-16-17)12-4-6-15-7-5-12/h9-10,12,14-15H,1-8,11H2/t14-/m0/s1. The Morgan fingerprint density at radius 1 is 1.28 bits per heavy atom. The Labute approximate surface area is 109 Å². The van der Waals surface area contributed by atoms with Gasteiger partial charge in [-0.25, -0.2) is 0 Å². The molecule has 2 saturated heterocycles. The predicted molar refractivity (Wildman–Crippen MR) is 70.7 cm³/mol. The Kier molecular flexibility index (Phi) is 3.96. The highest BCUT2D eigenvalue weighted by Gasteiger charge is 2.18. The average Bonchev–Trinajstić information content (AvgIpc) is 2.89. The average molecular weight is 249 g/mol. The van der Waals surface area contributed by atoms with Crippen molar-refractivity contribution >= 4 is 0 Å². The number of piperidine rings is 1. The number of aromatic nitrogens is 2. The third kappa shape index (κ3) is 2.93. The number of ether oxygens (including phenoxy) is 1. The first-order valence-corrected chi connectivity index (χ1v) is 7.26. The molecule has 1 atom stereocenters. The van der Waals surface area contributed by atoms with Crippen LogP contribution < -0.4 is 5.32 Å². The molecule has 2 fully saturated rings. The van der Waals surface area contributed by atoms with Crippen LogP contribution in [0.3, 0.4) is 0 Å². The molecule has 0 spiro atoms. The van der Waals surface area contributed by atoms with Gasteiger partial charge in [-0.1, -0.05) is 0 Å². The summed E-state index contributed by atoms with van der Waals surface area (Å²) < 4.78 is 7.84. The van der Waals surface area contributed by atoms with Crippen LogP contribution in [-0.2, 0) is 11.3 Å². The van der Waals surface area contributed by atoms with Crippen LogP contribution in [0, 0.1) is 0 Å². The number of nitrogens with zero attached hydrogens (tertiary/aromatic N) is 2. The smallest absolute Gasteiger partial charge is 0.0770 e. The lowest BCUT2D eigenvalue weighted by Crippen LogP contribution is -2.26. The van der Waals surface area contributed by atoms with Crippen molar-refractivity contribution in [1.29, 1.82) is 0 Å². The second-order valence-electron chi connectivity index (χ2n) is 5.51. The highest BCUT2D eigenvalue weighted by molar-refractivity contribution is 5.12. The lowest BCUT2D eigenvalue weighted by molar-refractivity contribution is 0.00398. The van der Waals surface area contributed by atoms with E-state index in [1.54, 1.807) is 0 Å². The first-order chi connectivity index (χ1) is 8.92. The van der Waals surface area contributed by atoms with E-state index in [1.165, 1.54) is 37.7 Å². The number of nitrogens with one attached hydrogen (secondary N) is 1. The molecule has 0 bridgehead atoms. The quantitative estimate of drug-likeness (QED) is 0.889. The molecule has 1 aromatic heterocycles. The van der Waals surface area contributed by atoms with E-state index >= 15 is 0 Å². The first kappa shape index (κ1) is 12.2. The van der Waals surface area contributed by atoms with Crippen LogP contribution in [-0.4, -0.2) is 35.6 Å². The Morgan fingerprint density at radius 2 is 2.17 bits per heavy atom. The third-order valence-electron chi connectivity index (χ3n) is 4.13. The normalized spacial score (nSPS) is 26.3. The van der Waals surface area contributed by atoms with E-state index in [4.69, 9.17) is 4.74 Å². The Bertz CT molecular complexity index is 365. The highest BCUT2D eigenvalue weighted by atomic mass is 16.5. The van der Waals surface area contributed by atoms with Crippen LogP contribution in [0.15, 0.2) is 12.4 Å². The van der Waals surface area contributed by atoms with Crippen molar-refractivity contribution in [2.45, 2.75) is 50.7 Å². The van der Waals surface area contributed by atoms with Gasteiger partial charge in [0.15, 0.2) is 0 Å². The molecule has 0 amide bonds. The summed E-state index contributed by atoms with van der Waals surface area (Å²) in [4.78, 5) is 0. The van der Waals surface area contributed by atoms with Crippen LogP contribution in [0.5, 0.6) is 0 Å². The fourth-order valence-corrected chi connectivity index (χ4v) is 3.01. The van der Waals surface area contributed by atoms with Crippen LogP contribution in [0.2, 0.25) is 0 Å². The highest BCUT2D eigenvalue weighted by Crippen LogP contribution is 2.24. The predicted octanol–water partition coefficient (Wildman–Crippen LogP) is 1.92. The van der Waals surface area contributed by atoms with Gasteiger partial charge in [0.1, 0.15) is 0 Å². The first-order valence-electron chi connectivity index (χ1n) is 7.26. The summed E-state index contributed by atoms with van der Waals surface area (Å²) in [6.45, 7) is 4.13. The Balaban J connectivity index is 1.58. The summed E-state index contributed by atoms with van der Waals surface area (Å²) in [5.41, 5.74) is 1.41. The summed E-state index contributed by atoms with van der Waals surface area (Å²) in [5, 5.41) is 7.91. The monoisotopic (exact) mass is 249 g/mol. The third-order valence-corrected chi connectivity index (χ3v) is 4.13. The molecule has 0 aromatic carbocycles. The SMILES string of the molecule is c1nn(C[C@@H]2CCCCO2)cc1C1CCNCC1. The molecule has 3 rings (SSSR count). The van der Waals surface area contributed by atoms with Crippen molar-refractivity contribution in [3.63, 3.8) is 0 Å². The number of hydrogen-bond acceptors (Lipinski definition) is 3. The fourth-order valence-electron chi connectivity index (χ4n) is 3.01. The van der Waals surface area contributed by atoms with E-state index < -0.39 is 0 Å². The van der Waals surface area contributed by atoms with Gasteiger partial charge >= 0.3 is 0 Å². The molecule has 18 heavy (non-hydrogen) atoms. The molecule has 0 unspecified atom stereocenters. The zero-order valence-corrected chi connectivity index (χ0v) is 11.0. The zero-order chi connectivity index (χ0) is 12.2. The Morgan fingerprint density at radius 3 is 2.94 bits per heavy atom. The van der Waals surface area contributed by atoms with Crippen molar-refractivity contribution in [1.82, 2.24) is 15.1 Å². The van der Waals surface area contributed by atoms with E-state index in [2.05, 4.69) is 27.5 Å². The molecular formula is C14H23N3O. The Hall–Kier alpha value is -0.870. The molecule has 4 nitrogen and oxygen atoms in total. The van der Waals surface area contributed by atoms with Gasteiger partial charge in [0.25, 0.3) is 0 Å². The van der Waals surface area contributed by atoms with Gasteiger partial charge in [-0.05, 0) is 56.7 Å². The summed E-state index contributed by atoms with van der Waals surface area (Å²) in [7, 11) is 0. The summed E-state index contributed by atoms with van der Waals surface area (Å²) >= 11 is 0. The van der Waals surface area contributed by atoms with Crippen LogP contribution in [0.25, 0.3) is 0 Å².